The molecular weight excluding hydrogens is 276 g/mol. The van der Waals surface area contributed by atoms with Gasteiger partial charge in [0, 0.05) is 18.9 Å². The molecule has 0 aliphatic rings. The third kappa shape index (κ3) is 3.32. The highest BCUT2D eigenvalue weighted by Gasteiger charge is 2.18. The standard InChI is InChI=1S/C13H16N4O2S/c1-10-2-4-11(5-3-10)8-16-20(18,19)13-9-15-7-6-12(13)17-14/h2-7,9,16H,8,14H2,1H3,(H,15,17). The van der Waals surface area contributed by atoms with Gasteiger partial charge in [-0.15, -0.1) is 0 Å². The summed E-state index contributed by atoms with van der Waals surface area (Å²) in [5.41, 5.74) is 4.65. The number of nitrogens with one attached hydrogen (secondary N) is 2. The van der Waals surface area contributed by atoms with Crippen LogP contribution in [-0.4, -0.2) is 13.4 Å². The molecule has 2 rings (SSSR count). The molecule has 0 spiro atoms. The van der Waals surface area contributed by atoms with E-state index in [-0.39, 0.29) is 11.4 Å². The number of aromatic nitrogens is 1. The molecule has 1 heterocycles. The maximum absolute atomic E-state index is 12.2. The first kappa shape index (κ1) is 14.4. The Bertz CT molecular complexity index is 684. The summed E-state index contributed by atoms with van der Waals surface area (Å²) in [5.74, 6) is 5.30. The molecule has 106 valence electrons. The van der Waals surface area contributed by atoms with Crippen molar-refractivity contribution in [3.63, 3.8) is 0 Å². The lowest BCUT2D eigenvalue weighted by Crippen LogP contribution is -2.25. The predicted molar refractivity (Wildman–Crippen MR) is 77.3 cm³/mol. The van der Waals surface area contributed by atoms with Crippen LogP contribution in [0.3, 0.4) is 0 Å². The van der Waals surface area contributed by atoms with E-state index in [1.165, 1.54) is 18.5 Å². The molecule has 1 aromatic heterocycles. The van der Waals surface area contributed by atoms with E-state index >= 15 is 0 Å². The molecule has 7 heteroatoms. The van der Waals surface area contributed by atoms with Gasteiger partial charge >= 0.3 is 0 Å². The van der Waals surface area contributed by atoms with Crippen LogP contribution in [0.1, 0.15) is 11.1 Å². The van der Waals surface area contributed by atoms with Crippen LogP contribution >= 0.6 is 0 Å². The lowest BCUT2D eigenvalue weighted by Gasteiger charge is -2.10. The number of benzene rings is 1. The molecule has 4 N–H and O–H groups in total. The van der Waals surface area contributed by atoms with E-state index in [0.717, 1.165) is 11.1 Å². The van der Waals surface area contributed by atoms with Crippen molar-refractivity contribution in [2.24, 2.45) is 5.84 Å². The fourth-order valence-corrected chi connectivity index (χ4v) is 2.80. The Morgan fingerprint density at radius 1 is 1.20 bits per heavy atom. The number of aryl methyl sites for hydroxylation is 1. The first-order valence-electron chi connectivity index (χ1n) is 5.99. The summed E-state index contributed by atoms with van der Waals surface area (Å²) in [6, 6.07) is 9.12. The van der Waals surface area contributed by atoms with Gasteiger partial charge in [0.1, 0.15) is 4.90 Å². The van der Waals surface area contributed by atoms with Crippen LogP contribution in [0.2, 0.25) is 0 Å². The highest BCUT2D eigenvalue weighted by molar-refractivity contribution is 7.89. The number of hydrazine groups is 1. The van der Waals surface area contributed by atoms with Gasteiger partial charge in [-0.1, -0.05) is 29.8 Å². The molecule has 6 nitrogen and oxygen atoms in total. The quantitative estimate of drug-likeness (QED) is 0.567. The number of sulfonamides is 1. The van der Waals surface area contributed by atoms with E-state index in [2.05, 4.69) is 15.1 Å². The van der Waals surface area contributed by atoms with Crippen molar-refractivity contribution in [1.82, 2.24) is 9.71 Å². The summed E-state index contributed by atoms with van der Waals surface area (Å²) < 4.78 is 26.9. The van der Waals surface area contributed by atoms with Gasteiger partial charge in [-0.25, -0.2) is 13.1 Å². The molecule has 0 fully saturated rings. The smallest absolute Gasteiger partial charge is 0.244 e. The number of anilines is 1. The van der Waals surface area contributed by atoms with E-state index in [1.54, 1.807) is 0 Å². The van der Waals surface area contributed by atoms with Crippen molar-refractivity contribution in [2.45, 2.75) is 18.4 Å². The van der Waals surface area contributed by atoms with E-state index in [9.17, 15) is 8.42 Å². The molecule has 0 saturated heterocycles. The van der Waals surface area contributed by atoms with Gasteiger partial charge in [0.25, 0.3) is 0 Å². The molecule has 0 radical (unpaired) electrons. The van der Waals surface area contributed by atoms with Crippen molar-refractivity contribution in [1.29, 1.82) is 0 Å². The minimum atomic E-state index is -3.67. The SMILES string of the molecule is Cc1ccc(CNS(=O)(=O)c2cnccc2NN)cc1. The Balaban J connectivity index is 2.17. The number of pyridine rings is 1. The monoisotopic (exact) mass is 292 g/mol. The fraction of sp³-hybridized carbons (Fsp3) is 0.154. The number of nitrogen functional groups attached to an aromatic ring is 1. The zero-order chi connectivity index (χ0) is 14.6. The van der Waals surface area contributed by atoms with Crippen LogP contribution in [0, 0.1) is 6.92 Å². The van der Waals surface area contributed by atoms with Crippen molar-refractivity contribution >= 4 is 15.7 Å². The summed E-state index contributed by atoms with van der Waals surface area (Å²) in [6.45, 7) is 2.18. The molecule has 0 amide bonds. The van der Waals surface area contributed by atoms with Crippen molar-refractivity contribution in [3.05, 3.63) is 53.9 Å². The van der Waals surface area contributed by atoms with Crippen molar-refractivity contribution < 1.29 is 8.42 Å². The maximum atomic E-state index is 12.2. The minimum absolute atomic E-state index is 0.0228. The van der Waals surface area contributed by atoms with Crippen LogP contribution in [0.25, 0.3) is 0 Å². The second-order valence-electron chi connectivity index (χ2n) is 4.33. The average Bonchev–Trinajstić information content (AvgIpc) is 2.46. The summed E-state index contributed by atoms with van der Waals surface area (Å²) in [4.78, 5) is 3.83. The Labute approximate surface area is 118 Å². The lowest BCUT2D eigenvalue weighted by molar-refractivity contribution is 0.581. The van der Waals surface area contributed by atoms with Crippen molar-refractivity contribution in [2.75, 3.05) is 5.43 Å². The van der Waals surface area contributed by atoms with Crippen LogP contribution < -0.4 is 16.0 Å². The number of nitrogens with two attached hydrogens (primary N) is 1. The highest BCUT2D eigenvalue weighted by atomic mass is 32.2. The number of hydrogen-bond donors (Lipinski definition) is 3. The topological polar surface area (TPSA) is 97.1 Å². The van der Waals surface area contributed by atoms with Gasteiger partial charge < -0.3 is 5.43 Å². The van der Waals surface area contributed by atoms with Gasteiger partial charge in [-0.05, 0) is 18.6 Å². The number of rotatable bonds is 5. The van der Waals surface area contributed by atoms with E-state index in [0.29, 0.717) is 5.69 Å². The van der Waals surface area contributed by atoms with Crippen LogP contribution in [0.5, 0.6) is 0 Å². The van der Waals surface area contributed by atoms with Crippen molar-refractivity contribution in [3.8, 4) is 0 Å². The third-order valence-corrected chi connectivity index (χ3v) is 4.25. The van der Waals surface area contributed by atoms with Gasteiger partial charge in [0.15, 0.2) is 0 Å². The molecule has 1 aromatic carbocycles. The Morgan fingerprint density at radius 3 is 2.55 bits per heavy atom. The molecule has 0 aliphatic heterocycles. The summed E-state index contributed by atoms with van der Waals surface area (Å²) in [6.07, 6.45) is 2.72. The Kier molecular flexibility index (Phi) is 4.33. The summed E-state index contributed by atoms with van der Waals surface area (Å²) in [5, 5.41) is 0. The van der Waals surface area contributed by atoms with Gasteiger partial charge in [0.2, 0.25) is 10.0 Å². The molecular formula is C13H16N4O2S. The van der Waals surface area contributed by atoms with Gasteiger partial charge in [-0.3, -0.25) is 10.8 Å². The Morgan fingerprint density at radius 2 is 1.90 bits per heavy atom. The van der Waals surface area contributed by atoms with Gasteiger partial charge in [-0.2, -0.15) is 0 Å². The average molecular weight is 292 g/mol. The first-order valence-corrected chi connectivity index (χ1v) is 7.47. The zero-order valence-electron chi connectivity index (χ0n) is 11.0. The summed E-state index contributed by atoms with van der Waals surface area (Å²) in [7, 11) is -3.67. The molecule has 20 heavy (non-hydrogen) atoms. The van der Waals surface area contributed by atoms with E-state index < -0.39 is 10.0 Å². The molecule has 0 bridgehead atoms. The maximum Gasteiger partial charge on any atom is 0.244 e. The molecule has 0 unspecified atom stereocenters. The predicted octanol–water partition coefficient (Wildman–Crippen LogP) is 1.15. The molecule has 0 aliphatic carbocycles. The third-order valence-electron chi connectivity index (χ3n) is 2.82. The van der Waals surface area contributed by atoms with Crippen LogP contribution in [0.15, 0.2) is 47.6 Å². The number of nitrogens with zero attached hydrogens (tertiary/aromatic N) is 1. The fourth-order valence-electron chi connectivity index (χ4n) is 1.68. The molecule has 2 aromatic rings. The van der Waals surface area contributed by atoms with Gasteiger partial charge in [0.05, 0.1) is 5.69 Å². The molecule has 0 atom stereocenters. The zero-order valence-corrected chi connectivity index (χ0v) is 11.8. The Hall–Kier alpha value is -1.96. The normalized spacial score (nSPS) is 11.3. The van der Waals surface area contributed by atoms with Crippen LogP contribution in [0.4, 0.5) is 5.69 Å². The first-order chi connectivity index (χ1) is 9.53. The van der Waals surface area contributed by atoms with Crippen LogP contribution in [-0.2, 0) is 16.6 Å². The number of hydrogen-bond acceptors (Lipinski definition) is 5. The minimum Gasteiger partial charge on any atom is -0.323 e. The highest BCUT2D eigenvalue weighted by Crippen LogP contribution is 2.18. The largest absolute Gasteiger partial charge is 0.323 e. The lowest BCUT2D eigenvalue weighted by atomic mass is 10.2. The van der Waals surface area contributed by atoms with E-state index in [4.69, 9.17) is 5.84 Å². The second kappa shape index (κ2) is 6.00. The summed E-state index contributed by atoms with van der Waals surface area (Å²) >= 11 is 0. The molecule has 0 saturated carbocycles. The second-order valence-corrected chi connectivity index (χ2v) is 6.06. The van der Waals surface area contributed by atoms with E-state index in [1.807, 2.05) is 31.2 Å².